The lowest BCUT2D eigenvalue weighted by Gasteiger charge is -2.09. The van der Waals surface area contributed by atoms with Crippen LogP contribution in [0.5, 0.6) is 5.75 Å². The second-order valence-electron chi connectivity index (χ2n) is 3.89. The molecule has 5 heteroatoms. The average molecular weight is 368 g/mol. The molecule has 0 saturated heterocycles. The van der Waals surface area contributed by atoms with Gasteiger partial charge in [0.15, 0.2) is 6.61 Å². The summed E-state index contributed by atoms with van der Waals surface area (Å²) < 4.78 is 6.35. The monoisotopic (exact) mass is 368 g/mol. The van der Waals surface area contributed by atoms with Crippen molar-refractivity contribution in [2.75, 3.05) is 17.7 Å². The van der Waals surface area contributed by atoms with Crippen molar-refractivity contribution in [3.8, 4) is 5.75 Å². The van der Waals surface area contributed by atoms with E-state index in [9.17, 15) is 4.79 Å². The normalized spacial score (nSPS) is 9.95. The molecule has 4 nitrogen and oxygen atoms in total. The van der Waals surface area contributed by atoms with E-state index in [0.717, 1.165) is 9.26 Å². The predicted molar refractivity (Wildman–Crippen MR) is 84.1 cm³/mol. The first-order chi connectivity index (χ1) is 9.15. The molecule has 0 aliphatic carbocycles. The van der Waals surface area contributed by atoms with E-state index in [0.29, 0.717) is 11.4 Å². The molecular formula is C14H13IN2O2. The minimum atomic E-state index is -0.202. The van der Waals surface area contributed by atoms with E-state index in [-0.39, 0.29) is 12.5 Å². The number of carbonyl (C=O) groups excluding carboxylic acids is 1. The molecule has 0 saturated carbocycles. The largest absolute Gasteiger partial charge is 0.484 e. The van der Waals surface area contributed by atoms with Crippen LogP contribution >= 0.6 is 22.6 Å². The third kappa shape index (κ3) is 4.13. The van der Waals surface area contributed by atoms with Crippen LogP contribution < -0.4 is 15.8 Å². The Morgan fingerprint density at radius 1 is 1.21 bits per heavy atom. The topological polar surface area (TPSA) is 64.3 Å². The second kappa shape index (κ2) is 6.42. The van der Waals surface area contributed by atoms with Crippen molar-refractivity contribution in [1.29, 1.82) is 0 Å². The number of carbonyl (C=O) groups is 1. The molecule has 0 fully saturated rings. The van der Waals surface area contributed by atoms with Gasteiger partial charge in [0.1, 0.15) is 5.75 Å². The van der Waals surface area contributed by atoms with Gasteiger partial charge in [0, 0.05) is 15.3 Å². The van der Waals surface area contributed by atoms with Crippen molar-refractivity contribution in [2.45, 2.75) is 0 Å². The molecule has 0 unspecified atom stereocenters. The van der Waals surface area contributed by atoms with Gasteiger partial charge in [-0.3, -0.25) is 4.79 Å². The Labute approximate surface area is 125 Å². The molecule has 98 valence electrons. The number of hydrogen-bond donors (Lipinski definition) is 2. The van der Waals surface area contributed by atoms with Crippen molar-refractivity contribution >= 4 is 39.9 Å². The Morgan fingerprint density at radius 2 is 2.00 bits per heavy atom. The third-order valence-electron chi connectivity index (χ3n) is 2.38. The Balaban J connectivity index is 1.90. The van der Waals surface area contributed by atoms with Crippen molar-refractivity contribution in [3.05, 3.63) is 52.1 Å². The number of anilines is 2. The maximum absolute atomic E-state index is 11.8. The SMILES string of the molecule is Nc1cccc(OCC(=O)Nc2ccccc2I)c1. The summed E-state index contributed by atoms with van der Waals surface area (Å²) in [7, 11) is 0. The summed E-state index contributed by atoms with van der Waals surface area (Å²) in [4.78, 5) is 11.8. The fraction of sp³-hybridized carbons (Fsp3) is 0.0714. The van der Waals surface area contributed by atoms with Gasteiger partial charge in [-0.2, -0.15) is 0 Å². The van der Waals surface area contributed by atoms with Crippen LogP contribution in [0.15, 0.2) is 48.5 Å². The zero-order valence-electron chi connectivity index (χ0n) is 10.1. The lowest BCUT2D eigenvalue weighted by Crippen LogP contribution is -2.20. The Bertz CT molecular complexity index is 587. The van der Waals surface area contributed by atoms with Crippen LogP contribution in [0.4, 0.5) is 11.4 Å². The van der Waals surface area contributed by atoms with Gasteiger partial charge in [0.05, 0.1) is 5.69 Å². The van der Waals surface area contributed by atoms with Gasteiger partial charge in [-0.25, -0.2) is 0 Å². The van der Waals surface area contributed by atoms with Crippen LogP contribution in [-0.2, 0) is 4.79 Å². The highest BCUT2D eigenvalue weighted by atomic mass is 127. The van der Waals surface area contributed by atoms with E-state index < -0.39 is 0 Å². The molecule has 2 rings (SSSR count). The summed E-state index contributed by atoms with van der Waals surface area (Å²) >= 11 is 2.17. The first-order valence-electron chi connectivity index (χ1n) is 5.68. The van der Waals surface area contributed by atoms with Crippen LogP contribution in [0.3, 0.4) is 0 Å². The maximum Gasteiger partial charge on any atom is 0.262 e. The van der Waals surface area contributed by atoms with Gasteiger partial charge >= 0.3 is 0 Å². The number of para-hydroxylation sites is 1. The number of benzene rings is 2. The van der Waals surface area contributed by atoms with Crippen LogP contribution in [0.2, 0.25) is 0 Å². The summed E-state index contributed by atoms with van der Waals surface area (Å²) in [5, 5.41) is 2.79. The predicted octanol–water partition coefficient (Wildman–Crippen LogP) is 2.89. The van der Waals surface area contributed by atoms with Gasteiger partial charge in [0.2, 0.25) is 0 Å². The molecule has 0 aliphatic heterocycles. The molecule has 3 N–H and O–H groups in total. The standard InChI is InChI=1S/C14H13IN2O2/c15-12-6-1-2-7-13(12)17-14(18)9-19-11-5-3-4-10(16)8-11/h1-8H,9,16H2,(H,17,18). The molecule has 19 heavy (non-hydrogen) atoms. The summed E-state index contributed by atoms with van der Waals surface area (Å²) in [6, 6.07) is 14.5. The van der Waals surface area contributed by atoms with Gasteiger partial charge in [-0.15, -0.1) is 0 Å². The number of hydrogen-bond acceptors (Lipinski definition) is 3. The first-order valence-corrected chi connectivity index (χ1v) is 6.76. The van der Waals surface area contributed by atoms with Crippen molar-refractivity contribution < 1.29 is 9.53 Å². The molecule has 2 aromatic carbocycles. The van der Waals surface area contributed by atoms with E-state index in [1.54, 1.807) is 24.3 Å². The van der Waals surface area contributed by atoms with Gasteiger partial charge in [-0.05, 0) is 46.9 Å². The first kappa shape index (κ1) is 13.7. The number of nitrogens with one attached hydrogen (secondary N) is 1. The van der Waals surface area contributed by atoms with Crippen LogP contribution in [0.1, 0.15) is 0 Å². The molecule has 0 radical (unpaired) electrons. The van der Waals surface area contributed by atoms with E-state index >= 15 is 0 Å². The minimum Gasteiger partial charge on any atom is -0.484 e. The average Bonchev–Trinajstić information content (AvgIpc) is 2.39. The van der Waals surface area contributed by atoms with Crippen LogP contribution in [0.25, 0.3) is 0 Å². The fourth-order valence-electron chi connectivity index (χ4n) is 1.50. The van der Waals surface area contributed by atoms with Gasteiger partial charge in [0.25, 0.3) is 5.91 Å². The molecule has 0 bridgehead atoms. The van der Waals surface area contributed by atoms with Crippen LogP contribution in [0, 0.1) is 3.57 Å². The lowest BCUT2D eigenvalue weighted by atomic mass is 10.3. The quantitative estimate of drug-likeness (QED) is 0.645. The molecule has 0 spiro atoms. The molecule has 0 aromatic heterocycles. The summed E-state index contributed by atoms with van der Waals surface area (Å²) in [5.74, 6) is 0.379. The molecule has 0 heterocycles. The Hall–Kier alpha value is -1.76. The number of nitrogen functional groups attached to an aromatic ring is 1. The van der Waals surface area contributed by atoms with E-state index in [2.05, 4.69) is 27.9 Å². The van der Waals surface area contributed by atoms with E-state index in [1.807, 2.05) is 24.3 Å². The fourth-order valence-corrected chi connectivity index (χ4v) is 2.02. The number of amides is 1. The highest BCUT2D eigenvalue weighted by Gasteiger charge is 2.05. The Kier molecular flexibility index (Phi) is 4.62. The smallest absolute Gasteiger partial charge is 0.262 e. The van der Waals surface area contributed by atoms with Crippen molar-refractivity contribution in [2.24, 2.45) is 0 Å². The number of nitrogens with two attached hydrogens (primary N) is 1. The summed E-state index contributed by atoms with van der Waals surface area (Å²) in [5.41, 5.74) is 7.02. The zero-order chi connectivity index (χ0) is 13.7. The summed E-state index contributed by atoms with van der Waals surface area (Å²) in [6.45, 7) is -0.0472. The summed E-state index contributed by atoms with van der Waals surface area (Å²) in [6.07, 6.45) is 0. The molecule has 2 aromatic rings. The molecule has 0 atom stereocenters. The molecular weight excluding hydrogens is 355 g/mol. The number of halogens is 1. The highest BCUT2D eigenvalue weighted by Crippen LogP contribution is 2.17. The van der Waals surface area contributed by atoms with E-state index in [4.69, 9.17) is 10.5 Å². The van der Waals surface area contributed by atoms with Crippen molar-refractivity contribution in [1.82, 2.24) is 0 Å². The van der Waals surface area contributed by atoms with Gasteiger partial charge < -0.3 is 15.8 Å². The maximum atomic E-state index is 11.8. The Morgan fingerprint density at radius 3 is 2.74 bits per heavy atom. The third-order valence-corrected chi connectivity index (χ3v) is 3.32. The van der Waals surface area contributed by atoms with E-state index in [1.165, 1.54) is 0 Å². The van der Waals surface area contributed by atoms with Crippen molar-refractivity contribution in [3.63, 3.8) is 0 Å². The molecule has 1 amide bonds. The van der Waals surface area contributed by atoms with Gasteiger partial charge in [-0.1, -0.05) is 18.2 Å². The van der Waals surface area contributed by atoms with Crippen LogP contribution in [-0.4, -0.2) is 12.5 Å². The zero-order valence-corrected chi connectivity index (χ0v) is 12.3. The second-order valence-corrected chi connectivity index (χ2v) is 5.05. The minimum absolute atomic E-state index is 0.0472. The lowest BCUT2D eigenvalue weighted by molar-refractivity contribution is -0.118. The number of rotatable bonds is 4. The number of ether oxygens (including phenoxy) is 1. The highest BCUT2D eigenvalue weighted by molar-refractivity contribution is 14.1. The molecule has 0 aliphatic rings.